The van der Waals surface area contributed by atoms with Crippen LogP contribution in [0.25, 0.3) is 11.0 Å². The topological polar surface area (TPSA) is 64.0 Å². The van der Waals surface area contributed by atoms with Crippen molar-refractivity contribution in [2.24, 2.45) is 0 Å². The van der Waals surface area contributed by atoms with E-state index in [0.29, 0.717) is 0 Å². The highest BCUT2D eigenvalue weighted by molar-refractivity contribution is 7.00. The summed E-state index contributed by atoms with van der Waals surface area (Å²) in [6.45, 7) is 5.63. The van der Waals surface area contributed by atoms with Crippen LogP contribution in [0.5, 0.6) is 5.88 Å². The lowest BCUT2D eigenvalue weighted by molar-refractivity contribution is 0.160. The summed E-state index contributed by atoms with van der Waals surface area (Å²) in [6, 6.07) is 6.26. The average molecular weight is 341 g/mol. The van der Waals surface area contributed by atoms with Gasteiger partial charge in [0.1, 0.15) is 23.0 Å². The summed E-state index contributed by atoms with van der Waals surface area (Å²) in [5.41, 5.74) is 5.35. The van der Waals surface area contributed by atoms with Crippen molar-refractivity contribution in [3.8, 4) is 5.88 Å². The number of benzene rings is 1. The van der Waals surface area contributed by atoms with E-state index < -0.39 is 0 Å². The molecule has 0 aliphatic carbocycles. The van der Waals surface area contributed by atoms with Gasteiger partial charge in [0.15, 0.2) is 0 Å². The van der Waals surface area contributed by atoms with Crippen LogP contribution in [0.3, 0.4) is 0 Å². The number of hydrogen-bond acceptors (Lipinski definition) is 7. The fourth-order valence-electron chi connectivity index (χ4n) is 3.22. The second-order valence-electron chi connectivity index (χ2n) is 6.37. The molecule has 0 spiro atoms. The van der Waals surface area contributed by atoms with Crippen molar-refractivity contribution in [1.82, 2.24) is 23.6 Å². The second kappa shape index (κ2) is 6.07. The molecule has 0 unspecified atom stereocenters. The van der Waals surface area contributed by atoms with E-state index in [0.717, 1.165) is 53.5 Å². The second-order valence-corrected chi connectivity index (χ2v) is 6.90. The molecule has 7 heteroatoms. The van der Waals surface area contributed by atoms with E-state index in [4.69, 9.17) is 4.74 Å². The molecular weight excluding hydrogens is 322 g/mol. The van der Waals surface area contributed by atoms with Crippen molar-refractivity contribution >= 4 is 22.8 Å². The van der Waals surface area contributed by atoms with Crippen LogP contribution in [0, 0.1) is 13.8 Å². The van der Waals surface area contributed by atoms with Crippen LogP contribution < -0.4 is 4.74 Å². The quantitative estimate of drug-likeness (QED) is 0.727. The van der Waals surface area contributed by atoms with Gasteiger partial charge in [-0.25, -0.2) is 4.98 Å². The van der Waals surface area contributed by atoms with Crippen molar-refractivity contribution < 1.29 is 4.74 Å². The number of nitrogens with zero attached hydrogens (tertiary/aromatic N) is 5. The number of aryl methyl sites for hydroxylation is 2. The Labute approximate surface area is 144 Å². The summed E-state index contributed by atoms with van der Waals surface area (Å²) in [5.74, 6) is 1.53. The van der Waals surface area contributed by atoms with Gasteiger partial charge >= 0.3 is 0 Å². The molecule has 24 heavy (non-hydrogen) atoms. The Morgan fingerprint density at radius 1 is 1.21 bits per heavy atom. The van der Waals surface area contributed by atoms with Gasteiger partial charge in [-0.15, -0.1) is 0 Å². The zero-order chi connectivity index (χ0) is 16.7. The SMILES string of the molecule is Cc1nc(C)c2c(n1)O[C@@H](CN(C)Cc1ccc3nsnc3c1)C2. The Morgan fingerprint density at radius 3 is 2.92 bits per heavy atom. The van der Waals surface area contributed by atoms with Gasteiger partial charge in [-0.05, 0) is 38.6 Å². The first-order valence-corrected chi connectivity index (χ1v) is 8.72. The number of rotatable bonds is 4. The third-order valence-electron chi connectivity index (χ3n) is 4.28. The van der Waals surface area contributed by atoms with Gasteiger partial charge in [-0.3, -0.25) is 4.90 Å². The molecule has 3 aromatic rings. The Hall–Kier alpha value is -2.12. The molecule has 3 heterocycles. The van der Waals surface area contributed by atoms with Gasteiger partial charge in [0, 0.05) is 30.8 Å². The molecule has 1 aliphatic rings. The predicted octanol–water partition coefficient (Wildman–Crippen LogP) is 2.53. The van der Waals surface area contributed by atoms with Gasteiger partial charge in [-0.2, -0.15) is 13.7 Å². The number of ether oxygens (including phenoxy) is 1. The molecule has 0 radical (unpaired) electrons. The minimum absolute atomic E-state index is 0.129. The summed E-state index contributed by atoms with van der Waals surface area (Å²) in [7, 11) is 2.11. The van der Waals surface area contributed by atoms with Crippen LogP contribution in [0.2, 0.25) is 0 Å². The summed E-state index contributed by atoms with van der Waals surface area (Å²) in [5, 5.41) is 0. The molecule has 0 N–H and O–H groups in total. The highest BCUT2D eigenvalue weighted by Gasteiger charge is 2.27. The molecule has 0 amide bonds. The maximum Gasteiger partial charge on any atom is 0.220 e. The van der Waals surface area contributed by atoms with Crippen LogP contribution in [-0.4, -0.2) is 43.3 Å². The molecule has 0 saturated carbocycles. The maximum absolute atomic E-state index is 6.02. The molecule has 0 bridgehead atoms. The molecule has 0 saturated heterocycles. The van der Waals surface area contributed by atoms with Crippen LogP contribution in [0.4, 0.5) is 0 Å². The summed E-state index contributed by atoms with van der Waals surface area (Å²) >= 11 is 1.26. The van der Waals surface area contributed by atoms with E-state index in [2.05, 4.69) is 42.8 Å². The molecule has 1 atom stereocenters. The smallest absolute Gasteiger partial charge is 0.220 e. The van der Waals surface area contributed by atoms with E-state index in [1.807, 2.05) is 19.9 Å². The van der Waals surface area contributed by atoms with Gasteiger partial charge in [-0.1, -0.05) is 6.07 Å². The van der Waals surface area contributed by atoms with Gasteiger partial charge < -0.3 is 4.74 Å². The summed E-state index contributed by atoms with van der Waals surface area (Å²) < 4.78 is 14.6. The zero-order valence-electron chi connectivity index (χ0n) is 14.0. The molecule has 1 aromatic carbocycles. The highest BCUT2D eigenvalue weighted by Crippen LogP contribution is 2.29. The van der Waals surface area contributed by atoms with Crippen LogP contribution in [0.15, 0.2) is 18.2 Å². The molecule has 124 valence electrons. The predicted molar refractivity (Wildman–Crippen MR) is 93.4 cm³/mol. The average Bonchev–Trinajstić information content (AvgIpc) is 3.12. The Kier molecular flexibility index (Phi) is 3.90. The number of hydrogen-bond donors (Lipinski definition) is 0. The largest absolute Gasteiger partial charge is 0.472 e. The molecule has 0 fully saturated rings. The van der Waals surface area contributed by atoms with Crippen molar-refractivity contribution in [3.63, 3.8) is 0 Å². The minimum atomic E-state index is 0.129. The minimum Gasteiger partial charge on any atom is -0.472 e. The summed E-state index contributed by atoms with van der Waals surface area (Å²) in [6.07, 6.45) is 1.00. The Bertz CT molecular complexity index is 894. The third-order valence-corrected chi connectivity index (χ3v) is 4.84. The first-order valence-electron chi connectivity index (χ1n) is 7.99. The molecule has 4 rings (SSSR count). The molecule has 6 nitrogen and oxygen atoms in total. The van der Waals surface area contributed by atoms with Gasteiger partial charge in [0.25, 0.3) is 0 Å². The van der Waals surface area contributed by atoms with Crippen LogP contribution in [0.1, 0.15) is 22.6 Å². The molecule has 2 aromatic heterocycles. The van der Waals surface area contributed by atoms with Gasteiger partial charge in [0.2, 0.25) is 5.88 Å². The van der Waals surface area contributed by atoms with E-state index in [1.54, 1.807) is 0 Å². The normalized spacial score (nSPS) is 16.6. The third kappa shape index (κ3) is 2.97. The Balaban J connectivity index is 1.41. The van der Waals surface area contributed by atoms with E-state index in [1.165, 1.54) is 17.3 Å². The van der Waals surface area contributed by atoms with Crippen molar-refractivity contribution in [2.45, 2.75) is 32.9 Å². The van der Waals surface area contributed by atoms with Gasteiger partial charge in [0.05, 0.1) is 11.7 Å². The lowest BCUT2D eigenvalue weighted by Gasteiger charge is -2.20. The van der Waals surface area contributed by atoms with Crippen LogP contribution >= 0.6 is 11.7 Å². The fourth-order valence-corrected chi connectivity index (χ4v) is 3.73. The van der Waals surface area contributed by atoms with E-state index >= 15 is 0 Å². The lowest BCUT2D eigenvalue weighted by Crippen LogP contribution is -2.31. The number of aromatic nitrogens is 4. The van der Waals surface area contributed by atoms with Crippen molar-refractivity contribution in [1.29, 1.82) is 0 Å². The lowest BCUT2D eigenvalue weighted by atomic mass is 10.1. The highest BCUT2D eigenvalue weighted by atomic mass is 32.1. The van der Waals surface area contributed by atoms with Crippen molar-refractivity contribution in [2.75, 3.05) is 13.6 Å². The van der Waals surface area contributed by atoms with E-state index in [-0.39, 0.29) is 6.10 Å². The first kappa shape index (κ1) is 15.4. The first-order chi connectivity index (χ1) is 11.6. The molecular formula is C17H19N5OS. The monoisotopic (exact) mass is 341 g/mol. The van der Waals surface area contributed by atoms with Crippen LogP contribution in [-0.2, 0) is 13.0 Å². The van der Waals surface area contributed by atoms with Crippen molar-refractivity contribution in [3.05, 3.63) is 40.8 Å². The maximum atomic E-state index is 6.02. The standard InChI is InChI=1S/C17H19N5OS/c1-10-14-7-13(23-17(14)19-11(2)18-10)9-22(3)8-12-4-5-15-16(6-12)21-24-20-15/h4-6,13H,7-9H2,1-3H3/t13-/m1/s1. The summed E-state index contributed by atoms with van der Waals surface area (Å²) in [4.78, 5) is 11.1. The number of fused-ring (bicyclic) bond motifs is 2. The molecule has 1 aliphatic heterocycles. The Morgan fingerprint density at radius 2 is 2.04 bits per heavy atom. The zero-order valence-corrected chi connectivity index (χ0v) is 14.8. The number of likely N-dealkylation sites (N-methyl/N-ethyl adjacent to an activating group) is 1. The van der Waals surface area contributed by atoms with E-state index in [9.17, 15) is 0 Å². The fraction of sp³-hybridized carbons (Fsp3) is 0.412.